The summed E-state index contributed by atoms with van der Waals surface area (Å²) in [6.45, 7) is 6.27. The number of benzene rings is 1. The van der Waals surface area contributed by atoms with E-state index in [-0.39, 0.29) is 5.97 Å². The molecule has 0 unspecified atom stereocenters. The monoisotopic (exact) mass is 249 g/mol. The van der Waals surface area contributed by atoms with E-state index in [1.165, 1.54) is 5.56 Å². The summed E-state index contributed by atoms with van der Waals surface area (Å²) in [7, 11) is 0. The summed E-state index contributed by atoms with van der Waals surface area (Å²) in [6, 6.07) is 10.3. The Kier molecular flexibility index (Phi) is 7.11. The SMILES string of the molecule is CC(C)CC(=O)OCCCNCc1ccccc1. The molecule has 0 saturated heterocycles. The second-order valence-electron chi connectivity index (χ2n) is 4.83. The maximum Gasteiger partial charge on any atom is 0.306 e. The molecule has 0 spiro atoms. The molecule has 3 nitrogen and oxygen atoms in total. The third-order valence-corrected chi connectivity index (χ3v) is 2.51. The van der Waals surface area contributed by atoms with Crippen molar-refractivity contribution in [2.24, 2.45) is 5.92 Å². The lowest BCUT2D eigenvalue weighted by Crippen LogP contribution is -2.17. The van der Waals surface area contributed by atoms with Crippen molar-refractivity contribution in [3.63, 3.8) is 0 Å². The highest BCUT2D eigenvalue weighted by Gasteiger charge is 2.04. The average Bonchev–Trinajstić information content (AvgIpc) is 2.34. The average molecular weight is 249 g/mol. The molecule has 18 heavy (non-hydrogen) atoms. The molecule has 0 bridgehead atoms. The number of hydrogen-bond acceptors (Lipinski definition) is 3. The van der Waals surface area contributed by atoms with Crippen LogP contribution in [0.15, 0.2) is 30.3 Å². The molecular formula is C15H23NO2. The summed E-state index contributed by atoms with van der Waals surface area (Å²) >= 11 is 0. The van der Waals surface area contributed by atoms with Gasteiger partial charge in [0.1, 0.15) is 0 Å². The minimum atomic E-state index is -0.0898. The molecule has 0 aliphatic heterocycles. The number of nitrogens with one attached hydrogen (secondary N) is 1. The van der Waals surface area contributed by atoms with Crippen LogP contribution in [0.5, 0.6) is 0 Å². The van der Waals surface area contributed by atoms with Gasteiger partial charge in [-0.15, -0.1) is 0 Å². The second-order valence-corrected chi connectivity index (χ2v) is 4.83. The van der Waals surface area contributed by atoms with Gasteiger partial charge in [0.25, 0.3) is 0 Å². The fourth-order valence-corrected chi connectivity index (χ4v) is 1.60. The smallest absolute Gasteiger partial charge is 0.306 e. The normalized spacial score (nSPS) is 10.6. The van der Waals surface area contributed by atoms with E-state index in [1.54, 1.807) is 0 Å². The Hall–Kier alpha value is -1.35. The summed E-state index contributed by atoms with van der Waals surface area (Å²) in [6.07, 6.45) is 1.37. The standard InChI is InChI=1S/C15H23NO2/c1-13(2)11-15(17)18-10-6-9-16-12-14-7-4-3-5-8-14/h3-5,7-8,13,16H,6,9-12H2,1-2H3. The first-order valence-electron chi connectivity index (χ1n) is 6.58. The Balaban J connectivity index is 1.98. The van der Waals surface area contributed by atoms with Crippen molar-refractivity contribution >= 4 is 5.97 Å². The first-order valence-corrected chi connectivity index (χ1v) is 6.58. The zero-order chi connectivity index (χ0) is 13.2. The number of hydrogen-bond donors (Lipinski definition) is 1. The predicted octanol–water partition coefficient (Wildman–Crippen LogP) is 2.76. The summed E-state index contributed by atoms with van der Waals surface area (Å²) in [5, 5.41) is 3.32. The minimum Gasteiger partial charge on any atom is -0.466 e. The molecule has 3 heteroatoms. The lowest BCUT2D eigenvalue weighted by atomic mass is 10.1. The Morgan fingerprint density at radius 1 is 1.28 bits per heavy atom. The fraction of sp³-hybridized carbons (Fsp3) is 0.533. The summed E-state index contributed by atoms with van der Waals surface area (Å²) < 4.78 is 5.13. The fourth-order valence-electron chi connectivity index (χ4n) is 1.60. The molecule has 0 aliphatic rings. The van der Waals surface area contributed by atoms with Gasteiger partial charge in [-0.3, -0.25) is 4.79 Å². The maximum atomic E-state index is 11.3. The molecular weight excluding hydrogens is 226 g/mol. The van der Waals surface area contributed by atoms with Crippen LogP contribution in [-0.2, 0) is 16.1 Å². The number of esters is 1. The van der Waals surface area contributed by atoms with E-state index in [9.17, 15) is 4.79 Å². The van der Waals surface area contributed by atoms with Crippen LogP contribution in [0.3, 0.4) is 0 Å². The van der Waals surface area contributed by atoms with E-state index in [4.69, 9.17) is 4.74 Å². The molecule has 1 rings (SSSR count). The van der Waals surface area contributed by atoms with Gasteiger partial charge < -0.3 is 10.1 Å². The quantitative estimate of drug-likeness (QED) is 0.568. The second kappa shape index (κ2) is 8.70. The molecule has 0 fully saturated rings. The number of carbonyl (C=O) groups excluding carboxylic acids is 1. The molecule has 1 aromatic rings. The van der Waals surface area contributed by atoms with Crippen LogP contribution >= 0.6 is 0 Å². The van der Waals surface area contributed by atoms with Crippen LogP contribution in [0.2, 0.25) is 0 Å². The van der Waals surface area contributed by atoms with Gasteiger partial charge in [0.15, 0.2) is 0 Å². The summed E-state index contributed by atoms with van der Waals surface area (Å²) in [5.41, 5.74) is 1.27. The van der Waals surface area contributed by atoms with E-state index in [1.807, 2.05) is 32.0 Å². The molecule has 0 aliphatic carbocycles. The van der Waals surface area contributed by atoms with E-state index in [0.29, 0.717) is 18.9 Å². The van der Waals surface area contributed by atoms with Gasteiger partial charge in [0.05, 0.1) is 6.61 Å². The van der Waals surface area contributed by atoms with E-state index < -0.39 is 0 Å². The molecule has 0 heterocycles. The van der Waals surface area contributed by atoms with Crippen LogP contribution in [0, 0.1) is 5.92 Å². The van der Waals surface area contributed by atoms with Gasteiger partial charge in [-0.05, 0) is 24.4 Å². The van der Waals surface area contributed by atoms with Crippen LogP contribution in [0.4, 0.5) is 0 Å². The van der Waals surface area contributed by atoms with Crippen LogP contribution < -0.4 is 5.32 Å². The van der Waals surface area contributed by atoms with Crippen molar-refractivity contribution in [1.29, 1.82) is 0 Å². The van der Waals surface area contributed by atoms with Gasteiger partial charge in [-0.1, -0.05) is 44.2 Å². The van der Waals surface area contributed by atoms with E-state index in [2.05, 4.69) is 17.4 Å². The molecule has 1 N–H and O–H groups in total. The summed E-state index contributed by atoms with van der Waals surface area (Å²) in [5.74, 6) is 0.279. The highest BCUT2D eigenvalue weighted by Crippen LogP contribution is 2.01. The first kappa shape index (κ1) is 14.7. The Labute approximate surface area is 110 Å². The van der Waals surface area contributed by atoms with Crippen molar-refractivity contribution in [3.8, 4) is 0 Å². The largest absolute Gasteiger partial charge is 0.466 e. The Morgan fingerprint density at radius 2 is 2.00 bits per heavy atom. The first-order chi connectivity index (χ1) is 8.68. The highest BCUT2D eigenvalue weighted by atomic mass is 16.5. The topological polar surface area (TPSA) is 38.3 Å². The Bertz CT molecular complexity index is 336. The van der Waals surface area contributed by atoms with Gasteiger partial charge in [0.2, 0.25) is 0 Å². The molecule has 100 valence electrons. The molecule has 0 amide bonds. The lowest BCUT2D eigenvalue weighted by molar-refractivity contribution is -0.144. The van der Waals surface area contributed by atoms with Crippen molar-refractivity contribution < 1.29 is 9.53 Å². The van der Waals surface area contributed by atoms with Gasteiger partial charge in [0, 0.05) is 13.0 Å². The van der Waals surface area contributed by atoms with Gasteiger partial charge >= 0.3 is 5.97 Å². The van der Waals surface area contributed by atoms with Crippen molar-refractivity contribution in [3.05, 3.63) is 35.9 Å². The molecule has 0 atom stereocenters. The number of rotatable bonds is 8. The van der Waals surface area contributed by atoms with Crippen LogP contribution in [-0.4, -0.2) is 19.1 Å². The highest BCUT2D eigenvalue weighted by molar-refractivity contribution is 5.69. The van der Waals surface area contributed by atoms with E-state index >= 15 is 0 Å². The molecule has 0 aromatic heterocycles. The van der Waals surface area contributed by atoms with Crippen molar-refractivity contribution in [1.82, 2.24) is 5.32 Å². The minimum absolute atomic E-state index is 0.0898. The van der Waals surface area contributed by atoms with E-state index in [0.717, 1.165) is 19.5 Å². The molecule has 1 aromatic carbocycles. The molecule has 0 radical (unpaired) electrons. The Morgan fingerprint density at radius 3 is 2.67 bits per heavy atom. The predicted molar refractivity (Wildman–Crippen MR) is 73.2 cm³/mol. The maximum absolute atomic E-state index is 11.3. The lowest BCUT2D eigenvalue weighted by Gasteiger charge is -2.07. The summed E-state index contributed by atoms with van der Waals surface area (Å²) in [4.78, 5) is 11.3. The zero-order valence-corrected chi connectivity index (χ0v) is 11.3. The third-order valence-electron chi connectivity index (χ3n) is 2.51. The van der Waals surface area contributed by atoms with Gasteiger partial charge in [-0.2, -0.15) is 0 Å². The van der Waals surface area contributed by atoms with Crippen LogP contribution in [0.1, 0.15) is 32.3 Å². The van der Waals surface area contributed by atoms with Crippen molar-refractivity contribution in [2.45, 2.75) is 33.2 Å². The third kappa shape index (κ3) is 7.07. The number of carbonyl (C=O) groups is 1. The molecule has 0 saturated carbocycles. The van der Waals surface area contributed by atoms with Crippen LogP contribution in [0.25, 0.3) is 0 Å². The van der Waals surface area contributed by atoms with Gasteiger partial charge in [-0.25, -0.2) is 0 Å². The zero-order valence-electron chi connectivity index (χ0n) is 11.3. The number of ether oxygens (including phenoxy) is 1. The van der Waals surface area contributed by atoms with Crippen molar-refractivity contribution in [2.75, 3.05) is 13.2 Å².